The second-order valence-corrected chi connectivity index (χ2v) is 7.39. The topological polar surface area (TPSA) is 45.2 Å². The van der Waals surface area contributed by atoms with Gasteiger partial charge in [-0.05, 0) is 50.8 Å². The first-order valence-corrected chi connectivity index (χ1v) is 8.45. The highest BCUT2D eigenvalue weighted by molar-refractivity contribution is 7.11. The molecule has 0 bridgehead atoms. The highest BCUT2D eigenvalue weighted by Gasteiger charge is 2.28. The van der Waals surface area contributed by atoms with Crippen molar-refractivity contribution in [1.29, 1.82) is 0 Å². The highest BCUT2D eigenvalue weighted by atomic mass is 32.1. The molecule has 0 fully saturated rings. The lowest BCUT2D eigenvalue weighted by atomic mass is 9.93. The van der Waals surface area contributed by atoms with Crippen LogP contribution < -0.4 is 5.32 Å². The fraction of sp³-hybridized carbons (Fsp3) is 0.471. The predicted octanol–water partition coefficient (Wildman–Crippen LogP) is 3.47. The molecule has 0 saturated carbocycles. The molecule has 0 spiro atoms. The third-order valence-electron chi connectivity index (χ3n) is 4.22. The first-order valence-electron chi connectivity index (χ1n) is 7.64. The van der Waals surface area contributed by atoms with Crippen molar-refractivity contribution in [2.75, 3.05) is 6.54 Å². The molecule has 1 aliphatic carbocycles. The summed E-state index contributed by atoms with van der Waals surface area (Å²) in [5.41, 5.74) is 0.899. The molecule has 1 heterocycles. The Morgan fingerprint density at radius 3 is 2.86 bits per heavy atom. The summed E-state index contributed by atoms with van der Waals surface area (Å²) >= 11 is 1.74. The summed E-state index contributed by atoms with van der Waals surface area (Å²) in [6, 6.07) is 6.30. The number of nitrogens with zero attached hydrogens (tertiary/aromatic N) is 1. The number of fused-ring (bicyclic) bond motifs is 1. The van der Waals surface area contributed by atoms with Gasteiger partial charge in [-0.25, -0.2) is 9.37 Å². The molecule has 2 atom stereocenters. The zero-order valence-corrected chi connectivity index (χ0v) is 13.7. The van der Waals surface area contributed by atoms with E-state index in [9.17, 15) is 9.50 Å². The van der Waals surface area contributed by atoms with Crippen LogP contribution in [0.4, 0.5) is 4.39 Å². The second kappa shape index (κ2) is 6.07. The summed E-state index contributed by atoms with van der Waals surface area (Å²) in [6.07, 6.45) is 3.23. The summed E-state index contributed by atoms with van der Waals surface area (Å²) in [5, 5.41) is 15.2. The lowest BCUT2D eigenvalue weighted by molar-refractivity contribution is 0.0531. The SMILES string of the molecule is Cc1nc2c(s1)[C@H](NC[C@](C)(O)c1ccc(F)cc1)CCC2. The standard InChI is InChI=1S/C17H21FN2OS/c1-11-20-15-5-3-4-14(16(15)22-11)19-10-17(2,21)12-6-8-13(18)9-7-12/h6-9,14,19,21H,3-5,10H2,1-2H3/t14-,17+/m1/s1. The Morgan fingerprint density at radius 1 is 1.41 bits per heavy atom. The molecule has 0 aliphatic heterocycles. The number of hydrogen-bond acceptors (Lipinski definition) is 4. The minimum atomic E-state index is -1.02. The number of aromatic nitrogens is 1. The smallest absolute Gasteiger partial charge is 0.123 e. The van der Waals surface area contributed by atoms with Gasteiger partial charge in [-0.2, -0.15) is 0 Å². The Kier molecular flexibility index (Phi) is 4.30. The second-order valence-electron chi connectivity index (χ2n) is 6.15. The molecule has 1 aromatic carbocycles. The van der Waals surface area contributed by atoms with Gasteiger partial charge in [0.05, 0.1) is 16.3 Å². The molecule has 3 rings (SSSR count). The zero-order valence-electron chi connectivity index (χ0n) is 12.9. The number of rotatable bonds is 4. The van der Waals surface area contributed by atoms with Gasteiger partial charge in [0.25, 0.3) is 0 Å². The number of halogens is 1. The Labute approximate surface area is 134 Å². The van der Waals surface area contributed by atoms with Crippen LogP contribution in [0.15, 0.2) is 24.3 Å². The largest absolute Gasteiger partial charge is 0.384 e. The minimum Gasteiger partial charge on any atom is -0.384 e. The van der Waals surface area contributed by atoms with E-state index < -0.39 is 5.60 Å². The van der Waals surface area contributed by atoms with Crippen molar-refractivity contribution in [1.82, 2.24) is 10.3 Å². The third-order valence-corrected chi connectivity index (χ3v) is 5.34. The van der Waals surface area contributed by atoms with Crippen LogP contribution in [0, 0.1) is 12.7 Å². The van der Waals surface area contributed by atoms with Crippen molar-refractivity contribution in [3.05, 3.63) is 51.2 Å². The average molecular weight is 320 g/mol. The summed E-state index contributed by atoms with van der Waals surface area (Å²) in [4.78, 5) is 5.89. The lowest BCUT2D eigenvalue weighted by Gasteiger charge is -2.29. The number of nitrogens with one attached hydrogen (secondary N) is 1. The van der Waals surface area contributed by atoms with Crippen molar-refractivity contribution in [2.45, 2.75) is 44.8 Å². The quantitative estimate of drug-likeness (QED) is 0.907. The van der Waals surface area contributed by atoms with E-state index in [-0.39, 0.29) is 11.9 Å². The van der Waals surface area contributed by atoms with E-state index in [0.29, 0.717) is 6.54 Å². The van der Waals surface area contributed by atoms with Crippen LogP contribution in [-0.4, -0.2) is 16.6 Å². The van der Waals surface area contributed by atoms with Crippen LogP contribution in [0.2, 0.25) is 0 Å². The van der Waals surface area contributed by atoms with Gasteiger partial charge in [-0.3, -0.25) is 0 Å². The maximum absolute atomic E-state index is 13.0. The molecule has 5 heteroatoms. The Hall–Kier alpha value is -1.30. The van der Waals surface area contributed by atoms with Gasteiger partial charge in [-0.1, -0.05) is 12.1 Å². The molecule has 1 aliphatic rings. The number of hydrogen-bond donors (Lipinski definition) is 2. The summed E-state index contributed by atoms with van der Waals surface area (Å²) in [6.45, 7) is 4.23. The number of thiazole rings is 1. The van der Waals surface area contributed by atoms with E-state index in [1.54, 1.807) is 30.4 Å². The first-order chi connectivity index (χ1) is 10.5. The van der Waals surface area contributed by atoms with E-state index in [1.165, 1.54) is 22.7 Å². The molecule has 118 valence electrons. The maximum atomic E-state index is 13.0. The molecule has 22 heavy (non-hydrogen) atoms. The Morgan fingerprint density at radius 2 is 2.14 bits per heavy atom. The predicted molar refractivity (Wildman–Crippen MR) is 86.5 cm³/mol. The van der Waals surface area contributed by atoms with Gasteiger partial charge >= 0.3 is 0 Å². The van der Waals surface area contributed by atoms with Gasteiger partial charge in [-0.15, -0.1) is 11.3 Å². The van der Waals surface area contributed by atoms with Crippen molar-refractivity contribution in [2.24, 2.45) is 0 Å². The first kappa shape index (κ1) is 15.6. The minimum absolute atomic E-state index is 0.252. The zero-order chi connectivity index (χ0) is 15.7. The number of aryl methyl sites for hydroxylation is 2. The molecule has 2 N–H and O–H groups in total. The van der Waals surface area contributed by atoms with E-state index in [0.717, 1.165) is 29.8 Å². The molecular formula is C17H21FN2OS. The summed E-state index contributed by atoms with van der Waals surface area (Å²) in [5.74, 6) is -0.287. The molecule has 0 saturated heterocycles. The van der Waals surface area contributed by atoms with Crippen LogP contribution in [0.25, 0.3) is 0 Å². The Balaban J connectivity index is 1.71. The van der Waals surface area contributed by atoms with Gasteiger partial charge < -0.3 is 10.4 Å². The highest BCUT2D eigenvalue weighted by Crippen LogP contribution is 2.34. The van der Waals surface area contributed by atoms with Gasteiger partial charge in [0, 0.05) is 17.5 Å². The van der Waals surface area contributed by atoms with Crippen LogP contribution in [-0.2, 0) is 12.0 Å². The lowest BCUT2D eigenvalue weighted by Crippen LogP contribution is -2.38. The molecule has 1 aromatic heterocycles. The van der Waals surface area contributed by atoms with Crippen LogP contribution >= 0.6 is 11.3 Å². The molecule has 0 amide bonds. The van der Waals surface area contributed by atoms with E-state index in [4.69, 9.17) is 0 Å². The molecule has 0 unspecified atom stereocenters. The maximum Gasteiger partial charge on any atom is 0.123 e. The molecular weight excluding hydrogens is 299 g/mol. The Bertz CT molecular complexity index is 651. The van der Waals surface area contributed by atoms with Gasteiger partial charge in [0.2, 0.25) is 0 Å². The van der Waals surface area contributed by atoms with Gasteiger partial charge in [0.15, 0.2) is 0 Å². The monoisotopic (exact) mass is 320 g/mol. The van der Waals surface area contributed by atoms with Crippen molar-refractivity contribution in [3.8, 4) is 0 Å². The molecule has 2 aromatic rings. The van der Waals surface area contributed by atoms with E-state index in [1.807, 2.05) is 6.92 Å². The van der Waals surface area contributed by atoms with Gasteiger partial charge in [0.1, 0.15) is 5.82 Å². The average Bonchev–Trinajstić information content (AvgIpc) is 2.86. The van der Waals surface area contributed by atoms with Crippen LogP contribution in [0.3, 0.4) is 0 Å². The summed E-state index contributed by atoms with van der Waals surface area (Å²) < 4.78 is 13.0. The van der Waals surface area contributed by atoms with Crippen LogP contribution in [0.1, 0.15) is 46.9 Å². The fourth-order valence-electron chi connectivity index (χ4n) is 2.97. The number of benzene rings is 1. The fourth-order valence-corrected chi connectivity index (χ4v) is 4.05. The summed E-state index contributed by atoms with van der Waals surface area (Å²) in [7, 11) is 0. The van der Waals surface area contributed by atoms with E-state index in [2.05, 4.69) is 10.3 Å². The van der Waals surface area contributed by atoms with E-state index >= 15 is 0 Å². The normalized spacial score (nSPS) is 20.5. The van der Waals surface area contributed by atoms with Crippen molar-refractivity contribution in [3.63, 3.8) is 0 Å². The van der Waals surface area contributed by atoms with Crippen molar-refractivity contribution >= 4 is 11.3 Å². The van der Waals surface area contributed by atoms with Crippen LogP contribution in [0.5, 0.6) is 0 Å². The number of aliphatic hydroxyl groups is 1. The molecule has 3 nitrogen and oxygen atoms in total. The van der Waals surface area contributed by atoms with Crippen molar-refractivity contribution < 1.29 is 9.50 Å². The third kappa shape index (κ3) is 3.21. The molecule has 0 radical (unpaired) electrons.